The molecule has 0 aliphatic carbocycles. The van der Waals surface area contributed by atoms with Crippen LogP contribution in [-0.4, -0.2) is 12.5 Å². The molecule has 0 radical (unpaired) electrons. The Hall–Kier alpha value is -2.54. The van der Waals surface area contributed by atoms with Crippen molar-refractivity contribution < 1.29 is 22.7 Å². The van der Waals surface area contributed by atoms with E-state index in [9.17, 15) is 18.0 Å². The van der Waals surface area contributed by atoms with Crippen LogP contribution >= 0.6 is 0 Å². The number of hydrogen-bond acceptors (Lipinski definition) is 3. The van der Waals surface area contributed by atoms with E-state index < -0.39 is 17.6 Å². The van der Waals surface area contributed by atoms with E-state index in [2.05, 4.69) is 10.9 Å². The summed E-state index contributed by atoms with van der Waals surface area (Å²) < 4.78 is 43.6. The maximum atomic E-state index is 12.8. The summed E-state index contributed by atoms with van der Waals surface area (Å²) in [5, 5.41) is 0. The minimum Gasteiger partial charge on any atom is -0.367 e. The highest BCUT2D eigenvalue weighted by Gasteiger charge is 2.33. The van der Waals surface area contributed by atoms with Gasteiger partial charge in [0.25, 0.3) is 5.91 Å². The van der Waals surface area contributed by atoms with Crippen molar-refractivity contribution in [2.45, 2.75) is 12.8 Å². The molecule has 0 spiro atoms. The third-order valence-electron chi connectivity index (χ3n) is 2.91. The van der Waals surface area contributed by atoms with Crippen molar-refractivity contribution in [3.8, 4) is 0 Å². The van der Waals surface area contributed by atoms with Gasteiger partial charge in [-0.15, -0.1) is 0 Å². The third-order valence-corrected chi connectivity index (χ3v) is 2.91. The molecule has 2 aromatic carbocycles. The summed E-state index contributed by atoms with van der Waals surface area (Å²) >= 11 is 0. The molecule has 0 fully saturated rings. The number of carbonyl (C=O) groups is 1. The zero-order valence-electron chi connectivity index (χ0n) is 12.1. The van der Waals surface area contributed by atoms with Gasteiger partial charge >= 0.3 is 6.18 Å². The Kier molecular flexibility index (Phi) is 5.59. The summed E-state index contributed by atoms with van der Waals surface area (Å²) in [6.45, 7) is -0.0243. The standard InChI is InChI=1S/C16H15F3N2O2/c17-16(18,19)13-8-4-5-9-14(13)20-21-15(22)11-23-10-12-6-2-1-3-7-12/h1-9,20H,10-11H2,(H,21,22). The van der Waals surface area contributed by atoms with Crippen LogP contribution in [0.25, 0.3) is 0 Å². The van der Waals surface area contributed by atoms with Crippen LogP contribution in [0.4, 0.5) is 18.9 Å². The van der Waals surface area contributed by atoms with Gasteiger partial charge in [0.15, 0.2) is 0 Å². The largest absolute Gasteiger partial charge is 0.418 e. The number of benzene rings is 2. The van der Waals surface area contributed by atoms with Gasteiger partial charge in [-0.3, -0.25) is 15.6 Å². The van der Waals surface area contributed by atoms with Gasteiger partial charge in [0.2, 0.25) is 0 Å². The molecule has 0 unspecified atom stereocenters. The molecule has 2 rings (SSSR count). The van der Waals surface area contributed by atoms with Crippen LogP contribution in [0, 0.1) is 0 Å². The maximum Gasteiger partial charge on any atom is 0.418 e. The second kappa shape index (κ2) is 7.64. The number of anilines is 1. The van der Waals surface area contributed by atoms with E-state index in [-0.39, 0.29) is 18.9 Å². The SMILES string of the molecule is O=C(COCc1ccccc1)NNc1ccccc1C(F)(F)F. The molecule has 7 heteroatoms. The Bertz CT molecular complexity index is 645. The van der Waals surface area contributed by atoms with Gasteiger partial charge in [0.05, 0.1) is 17.9 Å². The lowest BCUT2D eigenvalue weighted by Crippen LogP contribution is -2.33. The highest BCUT2D eigenvalue weighted by molar-refractivity contribution is 5.78. The first kappa shape index (κ1) is 16.8. The smallest absolute Gasteiger partial charge is 0.367 e. The van der Waals surface area contributed by atoms with Crippen LogP contribution < -0.4 is 10.9 Å². The van der Waals surface area contributed by atoms with Crippen LogP contribution in [-0.2, 0) is 22.3 Å². The van der Waals surface area contributed by atoms with Crippen molar-refractivity contribution in [3.05, 3.63) is 65.7 Å². The number of ether oxygens (including phenoxy) is 1. The first-order valence-corrected chi connectivity index (χ1v) is 6.79. The molecule has 2 N–H and O–H groups in total. The normalized spacial score (nSPS) is 11.1. The summed E-state index contributed by atoms with van der Waals surface area (Å²) in [5.41, 5.74) is 4.27. The Labute approximate surface area is 131 Å². The highest BCUT2D eigenvalue weighted by atomic mass is 19.4. The van der Waals surface area contributed by atoms with Crippen LogP contribution in [0.5, 0.6) is 0 Å². The second-order valence-electron chi connectivity index (χ2n) is 4.69. The average molecular weight is 324 g/mol. The van der Waals surface area contributed by atoms with Crippen molar-refractivity contribution in [3.63, 3.8) is 0 Å². The molecule has 4 nitrogen and oxygen atoms in total. The Morgan fingerprint density at radius 3 is 2.35 bits per heavy atom. The average Bonchev–Trinajstić information content (AvgIpc) is 2.53. The van der Waals surface area contributed by atoms with Gasteiger partial charge in [-0.25, -0.2) is 0 Å². The lowest BCUT2D eigenvalue weighted by Gasteiger charge is -2.15. The summed E-state index contributed by atoms with van der Waals surface area (Å²) in [5.74, 6) is -0.571. The summed E-state index contributed by atoms with van der Waals surface area (Å²) in [6, 6.07) is 14.1. The number of nitrogens with one attached hydrogen (secondary N) is 2. The topological polar surface area (TPSA) is 50.4 Å². The molecule has 2 aromatic rings. The van der Waals surface area contributed by atoms with Gasteiger partial charge in [0.1, 0.15) is 6.61 Å². The molecule has 0 heterocycles. The minimum atomic E-state index is -4.50. The molecule has 1 amide bonds. The third kappa shape index (κ3) is 5.30. The fourth-order valence-electron chi connectivity index (χ4n) is 1.85. The van der Waals surface area contributed by atoms with Gasteiger partial charge < -0.3 is 4.74 Å². The summed E-state index contributed by atoms with van der Waals surface area (Å²) in [6.07, 6.45) is -4.50. The van der Waals surface area contributed by atoms with Crippen molar-refractivity contribution in [2.24, 2.45) is 0 Å². The maximum absolute atomic E-state index is 12.8. The predicted octanol–water partition coefficient (Wildman–Crippen LogP) is 3.37. The number of hydrogen-bond donors (Lipinski definition) is 2. The highest BCUT2D eigenvalue weighted by Crippen LogP contribution is 2.34. The van der Waals surface area contributed by atoms with E-state index in [0.29, 0.717) is 0 Å². The van der Waals surface area contributed by atoms with Gasteiger partial charge in [-0.2, -0.15) is 13.2 Å². The van der Waals surface area contributed by atoms with E-state index in [1.54, 1.807) is 0 Å². The number of alkyl halides is 3. The van der Waals surface area contributed by atoms with E-state index in [0.717, 1.165) is 11.6 Å². The lowest BCUT2D eigenvalue weighted by molar-refractivity contribution is -0.137. The fourth-order valence-corrected chi connectivity index (χ4v) is 1.85. The second-order valence-corrected chi connectivity index (χ2v) is 4.69. The van der Waals surface area contributed by atoms with E-state index >= 15 is 0 Å². The molecule has 0 atom stereocenters. The first-order chi connectivity index (χ1) is 11.0. The molecule has 0 saturated carbocycles. The van der Waals surface area contributed by atoms with Gasteiger partial charge in [-0.1, -0.05) is 42.5 Å². The Morgan fingerprint density at radius 2 is 1.65 bits per heavy atom. The summed E-state index contributed by atoms with van der Waals surface area (Å²) in [4.78, 5) is 11.6. The predicted molar refractivity (Wildman–Crippen MR) is 79.3 cm³/mol. The number of para-hydroxylation sites is 1. The van der Waals surface area contributed by atoms with E-state index in [4.69, 9.17) is 4.74 Å². The molecule has 0 aliphatic rings. The zero-order valence-corrected chi connectivity index (χ0v) is 12.1. The summed E-state index contributed by atoms with van der Waals surface area (Å²) in [7, 11) is 0. The molecular formula is C16H15F3N2O2. The number of amides is 1. The van der Waals surface area contributed by atoms with E-state index in [1.807, 2.05) is 30.3 Å². The lowest BCUT2D eigenvalue weighted by atomic mass is 10.2. The first-order valence-electron chi connectivity index (χ1n) is 6.79. The van der Waals surface area contributed by atoms with Gasteiger partial charge in [-0.05, 0) is 17.7 Å². The number of halogens is 3. The van der Waals surface area contributed by atoms with Crippen LogP contribution in [0.1, 0.15) is 11.1 Å². The van der Waals surface area contributed by atoms with Crippen molar-refractivity contribution in [1.82, 2.24) is 5.43 Å². The molecular weight excluding hydrogens is 309 g/mol. The molecule has 122 valence electrons. The fraction of sp³-hybridized carbons (Fsp3) is 0.188. The number of hydrazine groups is 1. The molecule has 0 saturated heterocycles. The quantitative estimate of drug-likeness (QED) is 0.801. The van der Waals surface area contributed by atoms with Crippen LogP contribution in [0.3, 0.4) is 0 Å². The van der Waals surface area contributed by atoms with Crippen molar-refractivity contribution in [1.29, 1.82) is 0 Å². The van der Waals surface area contributed by atoms with E-state index in [1.165, 1.54) is 18.2 Å². The molecule has 0 aromatic heterocycles. The van der Waals surface area contributed by atoms with Crippen molar-refractivity contribution in [2.75, 3.05) is 12.0 Å². The Balaban J connectivity index is 1.81. The number of rotatable bonds is 6. The van der Waals surface area contributed by atoms with Crippen LogP contribution in [0.2, 0.25) is 0 Å². The van der Waals surface area contributed by atoms with Gasteiger partial charge in [0, 0.05) is 0 Å². The number of carbonyl (C=O) groups excluding carboxylic acids is 1. The Morgan fingerprint density at radius 1 is 1.00 bits per heavy atom. The molecule has 0 bridgehead atoms. The molecule has 23 heavy (non-hydrogen) atoms. The minimum absolute atomic E-state index is 0.226. The zero-order chi connectivity index (χ0) is 16.7. The molecule has 0 aliphatic heterocycles. The van der Waals surface area contributed by atoms with Crippen LogP contribution in [0.15, 0.2) is 54.6 Å². The van der Waals surface area contributed by atoms with Crippen molar-refractivity contribution >= 4 is 11.6 Å². The monoisotopic (exact) mass is 324 g/mol.